The highest BCUT2D eigenvalue weighted by Gasteiger charge is 2.29. The molecule has 1 fully saturated rings. The van der Waals surface area contributed by atoms with Crippen LogP contribution in [0.15, 0.2) is 36.7 Å². The molecule has 0 amide bonds. The number of rotatable bonds is 4. The van der Waals surface area contributed by atoms with Crippen LogP contribution in [-0.2, 0) is 6.54 Å². The predicted octanol–water partition coefficient (Wildman–Crippen LogP) is 2.77. The molecule has 2 heterocycles. The van der Waals surface area contributed by atoms with Gasteiger partial charge in [0.15, 0.2) is 0 Å². The smallest absolute Gasteiger partial charge is 0.292 e. The second kappa shape index (κ2) is 5.55. The minimum atomic E-state index is -0.298. The molecule has 0 aliphatic carbocycles. The van der Waals surface area contributed by atoms with Gasteiger partial charge < -0.3 is 9.47 Å². The van der Waals surface area contributed by atoms with E-state index < -0.39 is 0 Å². The molecule has 2 aromatic rings. The Hall–Kier alpha value is -2.37. The topological polar surface area (TPSA) is 64.2 Å². The highest BCUT2D eigenvalue weighted by Crippen LogP contribution is 2.33. The average molecular weight is 286 g/mol. The third-order valence-corrected chi connectivity index (χ3v) is 4.10. The summed E-state index contributed by atoms with van der Waals surface area (Å²) in [4.78, 5) is 17.3. The van der Waals surface area contributed by atoms with Gasteiger partial charge in [-0.15, -0.1) is 0 Å². The van der Waals surface area contributed by atoms with Crippen LogP contribution in [0, 0.1) is 17.0 Å². The Morgan fingerprint density at radius 2 is 2.24 bits per heavy atom. The molecule has 0 bridgehead atoms. The van der Waals surface area contributed by atoms with Crippen molar-refractivity contribution in [1.82, 2.24) is 9.55 Å². The maximum Gasteiger partial charge on any atom is 0.292 e. The van der Waals surface area contributed by atoms with Crippen molar-refractivity contribution in [2.75, 3.05) is 11.4 Å². The molecular weight excluding hydrogens is 268 g/mol. The normalized spacial score (nSPS) is 18.1. The maximum absolute atomic E-state index is 11.2. The molecule has 0 radical (unpaired) electrons. The lowest BCUT2D eigenvalue weighted by molar-refractivity contribution is -0.384. The molecule has 0 unspecified atom stereocenters. The number of imidazole rings is 1. The van der Waals surface area contributed by atoms with Crippen LogP contribution in [0.3, 0.4) is 0 Å². The SMILES string of the molecule is Cc1nccn1C[C@H]1CCCN1c1ccccc1[N+](=O)[O-]. The number of nitrogens with zero attached hydrogens (tertiary/aromatic N) is 4. The van der Waals surface area contributed by atoms with Gasteiger partial charge in [0.2, 0.25) is 0 Å². The van der Waals surface area contributed by atoms with Crippen molar-refractivity contribution in [2.24, 2.45) is 0 Å². The summed E-state index contributed by atoms with van der Waals surface area (Å²) in [5.41, 5.74) is 0.912. The van der Waals surface area contributed by atoms with Crippen molar-refractivity contribution in [3.63, 3.8) is 0 Å². The van der Waals surface area contributed by atoms with E-state index in [1.807, 2.05) is 25.3 Å². The monoisotopic (exact) mass is 286 g/mol. The second-order valence-corrected chi connectivity index (χ2v) is 5.36. The molecule has 1 aliphatic rings. The lowest BCUT2D eigenvalue weighted by atomic mass is 10.2. The molecule has 0 N–H and O–H groups in total. The van der Waals surface area contributed by atoms with Gasteiger partial charge >= 0.3 is 0 Å². The van der Waals surface area contributed by atoms with Gasteiger partial charge in [0.1, 0.15) is 11.5 Å². The number of nitro benzene ring substituents is 1. The van der Waals surface area contributed by atoms with Gasteiger partial charge in [-0.1, -0.05) is 12.1 Å². The number of aromatic nitrogens is 2. The predicted molar refractivity (Wildman–Crippen MR) is 80.4 cm³/mol. The van der Waals surface area contributed by atoms with Crippen molar-refractivity contribution in [2.45, 2.75) is 32.4 Å². The van der Waals surface area contributed by atoms with Gasteiger partial charge in [0, 0.05) is 37.6 Å². The van der Waals surface area contributed by atoms with Gasteiger partial charge in [-0.25, -0.2) is 4.98 Å². The van der Waals surface area contributed by atoms with Crippen molar-refractivity contribution >= 4 is 11.4 Å². The minimum Gasteiger partial charge on any atom is -0.361 e. The Bertz CT molecular complexity index is 653. The molecule has 1 saturated heterocycles. The fourth-order valence-electron chi connectivity index (χ4n) is 3.03. The summed E-state index contributed by atoms with van der Waals surface area (Å²) in [5, 5.41) is 11.2. The molecule has 1 aliphatic heterocycles. The van der Waals surface area contributed by atoms with Crippen LogP contribution in [0.1, 0.15) is 18.7 Å². The minimum absolute atomic E-state index is 0.187. The molecule has 6 heteroatoms. The van der Waals surface area contributed by atoms with E-state index in [9.17, 15) is 10.1 Å². The van der Waals surface area contributed by atoms with Crippen LogP contribution in [0.2, 0.25) is 0 Å². The van der Waals surface area contributed by atoms with E-state index in [0.29, 0.717) is 0 Å². The van der Waals surface area contributed by atoms with Crippen molar-refractivity contribution in [1.29, 1.82) is 0 Å². The van der Waals surface area contributed by atoms with Crippen LogP contribution in [0.25, 0.3) is 0 Å². The summed E-state index contributed by atoms with van der Waals surface area (Å²) in [7, 11) is 0. The molecule has 6 nitrogen and oxygen atoms in total. The standard InChI is InChI=1S/C15H18N4O2/c1-12-16-8-10-17(12)11-13-5-4-9-18(13)14-6-2-3-7-15(14)19(20)21/h2-3,6-8,10,13H,4-5,9,11H2,1H3/t13-/m1/s1. The lowest BCUT2D eigenvalue weighted by Gasteiger charge is -2.27. The quantitative estimate of drug-likeness (QED) is 0.640. The summed E-state index contributed by atoms with van der Waals surface area (Å²) >= 11 is 0. The molecule has 1 aromatic heterocycles. The largest absolute Gasteiger partial charge is 0.361 e. The first kappa shape index (κ1) is 13.6. The van der Waals surface area contributed by atoms with Crippen LogP contribution in [-0.4, -0.2) is 27.1 Å². The van der Waals surface area contributed by atoms with E-state index in [-0.39, 0.29) is 16.7 Å². The second-order valence-electron chi connectivity index (χ2n) is 5.36. The van der Waals surface area contributed by atoms with E-state index >= 15 is 0 Å². The van der Waals surface area contributed by atoms with E-state index in [4.69, 9.17) is 0 Å². The summed E-state index contributed by atoms with van der Waals surface area (Å²) in [5.74, 6) is 0.976. The molecule has 1 aromatic carbocycles. The average Bonchev–Trinajstić information content (AvgIpc) is 3.09. The van der Waals surface area contributed by atoms with E-state index in [0.717, 1.165) is 37.4 Å². The number of anilines is 1. The Labute approximate surface area is 123 Å². The fraction of sp³-hybridized carbons (Fsp3) is 0.400. The van der Waals surface area contributed by atoms with Gasteiger partial charge in [0.05, 0.1) is 4.92 Å². The number of hydrogen-bond acceptors (Lipinski definition) is 4. The molecule has 110 valence electrons. The fourth-order valence-corrected chi connectivity index (χ4v) is 3.03. The van der Waals surface area contributed by atoms with Crippen LogP contribution >= 0.6 is 0 Å². The van der Waals surface area contributed by atoms with Gasteiger partial charge in [-0.3, -0.25) is 10.1 Å². The zero-order valence-electron chi connectivity index (χ0n) is 12.0. The van der Waals surface area contributed by atoms with Gasteiger partial charge in [-0.2, -0.15) is 0 Å². The zero-order chi connectivity index (χ0) is 14.8. The Balaban J connectivity index is 1.88. The maximum atomic E-state index is 11.2. The molecule has 1 atom stereocenters. The Morgan fingerprint density at radius 1 is 1.43 bits per heavy atom. The van der Waals surface area contributed by atoms with E-state index in [1.165, 1.54) is 0 Å². The number of aryl methyl sites for hydroxylation is 1. The highest BCUT2D eigenvalue weighted by atomic mass is 16.6. The van der Waals surface area contributed by atoms with Gasteiger partial charge in [0.25, 0.3) is 5.69 Å². The summed E-state index contributed by atoms with van der Waals surface area (Å²) in [6.07, 6.45) is 5.86. The summed E-state index contributed by atoms with van der Waals surface area (Å²) in [6, 6.07) is 7.27. The van der Waals surface area contributed by atoms with Crippen LogP contribution in [0.4, 0.5) is 11.4 Å². The lowest BCUT2D eigenvalue weighted by Crippen LogP contribution is -2.33. The number of para-hydroxylation sites is 2. The molecule has 21 heavy (non-hydrogen) atoms. The molecule has 0 saturated carbocycles. The van der Waals surface area contributed by atoms with E-state index in [1.54, 1.807) is 18.3 Å². The number of benzene rings is 1. The first-order valence-electron chi connectivity index (χ1n) is 7.14. The highest BCUT2D eigenvalue weighted by molar-refractivity contribution is 5.64. The first-order valence-corrected chi connectivity index (χ1v) is 7.14. The third-order valence-electron chi connectivity index (χ3n) is 4.10. The number of hydrogen-bond donors (Lipinski definition) is 0. The molecule has 0 spiro atoms. The van der Waals surface area contributed by atoms with Gasteiger partial charge in [-0.05, 0) is 25.8 Å². The summed E-state index contributed by atoms with van der Waals surface area (Å²) < 4.78 is 2.11. The van der Waals surface area contributed by atoms with Crippen LogP contribution in [0.5, 0.6) is 0 Å². The third kappa shape index (κ3) is 2.61. The summed E-state index contributed by atoms with van der Waals surface area (Å²) in [6.45, 7) is 3.66. The molecular formula is C15H18N4O2. The van der Waals surface area contributed by atoms with Crippen LogP contribution < -0.4 is 4.90 Å². The molecule has 3 rings (SSSR count). The Morgan fingerprint density at radius 3 is 2.95 bits per heavy atom. The van der Waals surface area contributed by atoms with Crippen molar-refractivity contribution < 1.29 is 4.92 Å². The van der Waals surface area contributed by atoms with Crippen molar-refractivity contribution in [3.8, 4) is 0 Å². The Kier molecular flexibility index (Phi) is 3.60. The first-order chi connectivity index (χ1) is 10.2. The van der Waals surface area contributed by atoms with E-state index in [2.05, 4.69) is 14.5 Å². The van der Waals surface area contributed by atoms with Crippen molar-refractivity contribution in [3.05, 3.63) is 52.6 Å². The number of nitro groups is 1. The zero-order valence-corrected chi connectivity index (χ0v) is 12.0.